The molecule has 5 fully saturated rings. The molecule has 0 aromatic heterocycles. The molecule has 0 aliphatic heterocycles. The van der Waals surface area contributed by atoms with Gasteiger partial charge in [-0.2, -0.15) is 0 Å². The van der Waals surface area contributed by atoms with E-state index in [1.807, 2.05) is 0 Å². The minimum Gasteiger partial charge on any atom is -0.393 e. The van der Waals surface area contributed by atoms with Gasteiger partial charge < -0.3 is 10.2 Å². The Hall–Kier alpha value is -0.340. The second-order valence-corrected chi connectivity index (χ2v) is 14.6. The summed E-state index contributed by atoms with van der Waals surface area (Å²) in [6, 6.07) is 0. The van der Waals surface area contributed by atoms with Gasteiger partial charge in [-0.1, -0.05) is 46.3 Å². The molecule has 5 saturated carbocycles. The smallest absolute Gasteiger partial charge is 0.0726 e. The zero-order chi connectivity index (χ0) is 23.3. The molecular formula is C30H50O2. The van der Waals surface area contributed by atoms with E-state index in [0.29, 0.717) is 27.6 Å². The van der Waals surface area contributed by atoms with E-state index in [9.17, 15) is 10.2 Å². The molecule has 0 bridgehead atoms. The lowest BCUT2D eigenvalue weighted by molar-refractivity contribution is -0.161. The highest BCUT2D eigenvalue weighted by molar-refractivity contribution is 5.30. The molecule has 5 rings (SSSR count). The molecular weight excluding hydrogens is 392 g/mol. The molecule has 2 N–H and O–H groups in total. The molecule has 0 radical (unpaired) electrons. The van der Waals surface area contributed by atoms with Crippen LogP contribution < -0.4 is 0 Å². The van der Waals surface area contributed by atoms with Crippen LogP contribution in [0.5, 0.6) is 0 Å². The van der Waals surface area contributed by atoms with Crippen LogP contribution in [0.15, 0.2) is 11.6 Å². The Balaban J connectivity index is 1.41. The van der Waals surface area contributed by atoms with Crippen molar-refractivity contribution in [2.45, 2.75) is 125 Å². The van der Waals surface area contributed by atoms with E-state index in [1.54, 1.807) is 0 Å². The van der Waals surface area contributed by atoms with E-state index in [2.05, 4.69) is 54.5 Å². The van der Waals surface area contributed by atoms with E-state index < -0.39 is 0 Å². The molecule has 5 aliphatic rings. The first kappa shape index (κ1) is 23.4. The van der Waals surface area contributed by atoms with Crippen molar-refractivity contribution < 1.29 is 10.2 Å². The zero-order valence-corrected chi connectivity index (χ0v) is 22.0. The summed E-state index contributed by atoms with van der Waals surface area (Å²) in [5.74, 6) is 2.91. The molecule has 0 aromatic rings. The van der Waals surface area contributed by atoms with Crippen LogP contribution in [0.1, 0.15) is 113 Å². The highest BCUT2D eigenvalue weighted by Crippen LogP contribution is 2.89. The number of hydrogen-bond acceptors (Lipinski definition) is 2. The second-order valence-electron chi connectivity index (χ2n) is 14.6. The van der Waals surface area contributed by atoms with Crippen molar-refractivity contribution in [3.63, 3.8) is 0 Å². The largest absolute Gasteiger partial charge is 0.393 e. The number of aliphatic hydroxyl groups is 2. The summed E-state index contributed by atoms with van der Waals surface area (Å²) in [4.78, 5) is 0. The fourth-order valence-electron chi connectivity index (χ4n) is 11.3. The normalized spacial score (nSPS) is 52.7. The number of hydrogen-bond donors (Lipinski definition) is 2. The van der Waals surface area contributed by atoms with Gasteiger partial charge in [-0.25, -0.2) is 0 Å². The molecule has 5 aliphatic carbocycles. The number of allylic oxidation sites excluding steroid dienone is 1. The van der Waals surface area contributed by atoms with Crippen LogP contribution in [0.25, 0.3) is 0 Å². The van der Waals surface area contributed by atoms with Crippen molar-refractivity contribution in [1.82, 2.24) is 0 Å². The van der Waals surface area contributed by atoms with E-state index in [4.69, 9.17) is 0 Å². The van der Waals surface area contributed by atoms with E-state index in [-0.39, 0.29) is 17.6 Å². The summed E-state index contributed by atoms with van der Waals surface area (Å²) in [6.45, 7) is 16.7. The standard InChI is InChI=1S/C30H50O2/c1-19(2)16-21(31)17-20(3)22-10-12-28(7)24-9-8-23-26(4,5)25(32)11-13-29(23)18-30(24,29)15-14-27(22,28)6/h16,20-25,31-32H,8-15,17-18H2,1-7H3/t20-,21+,22-,23+,24+,25+,27-,28+,29-,30+/m1/s1. The molecule has 0 aromatic carbocycles. The van der Waals surface area contributed by atoms with E-state index >= 15 is 0 Å². The minimum atomic E-state index is -0.293. The number of fused-ring (bicyclic) bond motifs is 2. The predicted octanol–water partition coefficient (Wildman–Crippen LogP) is 7.14. The highest BCUT2D eigenvalue weighted by Gasteiger charge is 2.82. The molecule has 10 atom stereocenters. The fraction of sp³-hybridized carbons (Fsp3) is 0.933. The van der Waals surface area contributed by atoms with Crippen LogP contribution in [0.4, 0.5) is 0 Å². The Kier molecular flexibility index (Phi) is 5.19. The van der Waals surface area contributed by atoms with Crippen LogP contribution in [0.3, 0.4) is 0 Å². The Morgan fingerprint density at radius 3 is 2.22 bits per heavy atom. The molecule has 0 unspecified atom stereocenters. The first-order valence-corrected chi connectivity index (χ1v) is 13.9. The third kappa shape index (κ3) is 2.78. The van der Waals surface area contributed by atoms with Crippen molar-refractivity contribution in [1.29, 1.82) is 0 Å². The van der Waals surface area contributed by atoms with Gasteiger partial charge in [0.05, 0.1) is 12.2 Å². The first-order valence-electron chi connectivity index (χ1n) is 13.9. The van der Waals surface area contributed by atoms with Gasteiger partial charge in [0.1, 0.15) is 0 Å². The van der Waals surface area contributed by atoms with Crippen LogP contribution in [-0.4, -0.2) is 22.4 Å². The Morgan fingerprint density at radius 2 is 1.53 bits per heavy atom. The lowest BCUT2D eigenvalue weighted by Crippen LogP contribution is -2.57. The molecule has 2 spiro atoms. The van der Waals surface area contributed by atoms with Gasteiger partial charge >= 0.3 is 0 Å². The maximum atomic E-state index is 10.8. The van der Waals surface area contributed by atoms with Crippen molar-refractivity contribution in [2.24, 2.45) is 50.7 Å². The van der Waals surface area contributed by atoms with Crippen molar-refractivity contribution >= 4 is 0 Å². The monoisotopic (exact) mass is 442 g/mol. The number of rotatable bonds is 4. The topological polar surface area (TPSA) is 40.5 Å². The Morgan fingerprint density at radius 1 is 0.875 bits per heavy atom. The van der Waals surface area contributed by atoms with Gasteiger partial charge in [0, 0.05) is 0 Å². The molecule has 2 nitrogen and oxygen atoms in total. The fourth-order valence-corrected chi connectivity index (χ4v) is 11.3. The van der Waals surface area contributed by atoms with Crippen LogP contribution in [0, 0.1) is 50.7 Å². The summed E-state index contributed by atoms with van der Waals surface area (Å²) < 4.78 is 0. The van der Waals surface area contributed by atoms with Gasteiger partial charge in [-0.15, -0.1) is 0 Å². The molecule has 0 saturated heterocycles. The minimum absolute atomic E-state index is 0.0855. The quantitative estimate of drug-likeness (QED) is 0.454. The Labute approximate surface area is 197 Å². The van der Waals surface area contributed by atoms with Gasteiger partial charge in [0.15, 0.2) is 0 Å². The zero-order valence-electron chi connectivity index (χ0n) is 22.0. The van der Waals surface area contributed by atoms with E-state index in [0.717, 1.165) is 30.6 Å². The SMILES string of the molecule is CC(C)=C[C@H](O)C[C@@H](C)[C@H]1CC[C@@]2(C)[C@@H]3CC[C@H]4C(C)(C)[C@@H](O)CC[C@@]45C[C@@]35CC[C@]12C. The van der Waals surface area contributed by atoms with Crippen LogP contribution in [-0.2, 0) is 0 Å². The van der Waals surface area contributed by atoms with Gasteiger partial charge in [0.25, 0.3) is 0 Å². The number of aliphatic hydroxyl groups excluding tert-OH is 2. The summed E-state index contributed by atoms with van der Waals surface area (Å²) in [5.41, 5.74) is 3.27. The average Bonchev–Trinajstić information content (AvgIpc) is 3.27. The lowest BCUT2D eigenvalue weighted by Gasteiger charge is -2.63. The van der Waals surface area contributed by atoms with Crippen molar-refractivity contribution in [3.05, 3.63) is 11.6 Å². The third-order valence-corrected chi connectivity index (χ3v) is 13.0. The Bertz CT molecular complexity index is 795. The van der Waals surface area contributed by atoms with Crippen LogP contribution >= 0.6 is 0 Å². The van der Waals surface area contributed by atoms with Crippen LogP contribution in [0.2, 0.25) is 0 Å². The molecule has 0 heterocycles. The summed E-state index contributed by atoms with van der Waals surface area (Å²) >= 11 is 0. The van der Waals surface area contributed by atoms with Crippen molar-refractivity contribution in [3.8, 4) is 0 Å². The maximum Gasteiger partial charge on any atom is 0.0726 e. The third-order valence-electron chi connectivity index (χ3n) is 13.0. The molecule has 0 amide bonds. The van der Waals surface area contributed by atoms with E-state index in [1.165, 1.54) is 56.9 Å². The van der Waals surface area contributed by atoms with Gasteiger partial charge in [0.2, 0.25) is 0 Å². The summed E-state index contributed by atoms with van der Waals surface area (Å²) in [5, 5.41) is 21.5. The molecule has 2 heteroatoms. The van der Waals surface area contributed by atoms with Gasteiger partial charge in [-0.05, 0) is 129 Å². The predicted molar refractivity (Wildman–Crippen MR) is 132 cm³/mol. The summed E-state index contributed by atoms with van der Waals surface area (Å²) in [6.07, 6.45) is 14.6. The van der Waals surface area contributed by atoms with Gasteiger partial charge in [-0.3, -0.25) is 0 Å². The lowest BCUT2D eigenvalue weighted by atomic mass is 9.41. The second kappa shape index (κ2) is 7.09. The average molecular weight is 443 g/mol. The molecule has 32 heavy (non-hydrogen) atoms. The maximum absolute atomic E-state index is 10.8. The first-order chi connectivity index (χ1) is 14.8. The summed E-state index contributed by atoms with van der Waals surface area (Å²) in [7, 11) is 0. The highest BCUT2D eigenvalue weighted by atomic mass is 16.3. The van der Waals surface area contributed by atoms with Crippen molar-refractivity contribution in [2.75, 3.05) is 0 Å². The molecule has 182 valence electrons.